The number of benzene rings is 1. The van der Waals surface area contributed by atoms with Gasteiger partial charge in [0.15, 0.2) is 0 Å². The summed E-state index contributed by atoms with van der Waals surface area (Å²) in [4.78, 5) is 17.8. The Kier molecular flexibility index (Phi) is 5.56. The number of rotatable bonds is 4. The van der Waals surface area contributed by atoms with Gasteiger partial charge in [0.2, 0.25) is 0 Å². The summed E-state index contributed by atoms with van der Waals surface area (Å²) in [6, 6.07) is 8.70. The van der Waals surface area contributed by atoms with E-state index in [1.165, 1.54) is 16.8 Å². The van der Waals surface area contributed by atoms with Crippen molar-refractivity contribution in [3.8, 4) is 5.75 Å². The van der Waals surface area contributed by atoms with Crippen molar-refractivity contribution >= 4 is 11.7 Å². The van der Waals surface area contributed by atoms with Crippen LogP contribution in [-0.4, -0.2) is 56.3 Å². The number of hydrogen-bond donors (Lipinski definition) is 0. The van der Waals surface area contributed by atoms with E-state index in [1.54, 1.807) is 7.11 Å². The van der Waals surface area contributed by atoms with Gasteiger partial charge in [-0.05, 0) is 68.4 Å². The lowest BCUT2D eigenvalue weighted by molar-refractivity contribution is -0.145. The predicted octanol–water partition coefficient (Wildman–Crippen LogP) is 4.44. The SMILES string of the molecule is COc1ccc(N2CCN(C[C@@H]3C(=O)O[C@@H]4C[C@@]5(C)CCC=C(C)C5=C[C@@H]34)C[C@@H]2C)cc1. The topological polar surface area (TPSA) is 42.0 Å². The van der Waals surface area contributed by atoms with E-state index >= 15 is 0 Å². The fourth-order valence-corrected chi connectivity index (χ4v) is 6.47. The molecule has 0 unspecified atom stereocenters. The second kappa shape index (κ2) is 8.26. The lowest BCUT2D eigenvalue weighted by Gasteiger charge is -2.44. The largest absolute Gasteiger partial charge is 0.497 e. The van der Waals surface area contributed by atoms with Gasteiger partial charge in [0, 0.05) is 43.8 Å². The number of carbonyl (C=O) groups excluding carboxylic acids is 1. The Balaban J connectivity index is 1.28. The van der Waals surface area contributed by atoms with Crippen molar-refractivity contribution < 1.29 is 14.3 Å². The molecule has 0 spiro atoms. The highest BCUT2D eigenvalue weighted by Crippen LogP contribution is 2.52. The summed E-state index contributed by atoms with van der Waals surface area (Å²) in [5.74, 6) is 1.05. The zero-order valence-electron chi connectivity index (χ0n) is 19.8. The first-order valence-electron chi connectivity index (χ1n) is 12.1. The summed E-state index contributed by atoms with van der Waals surface area (Å²) in [6.07, 6.45) is 8.08. The summed E-state index contributed by atoms with van der Waals surface area (Å²) < 4.78 is 11.3. The van der Waals surface area contributed by atoms with Crippen molar-refractivity contribution in [1.82, 2.24) is 4.90 Å². The standard InChI is InChI=1S/C27H36N2O3/c1-18-6-5-11-27(3)15-25-22(14-24(18)27)23(26(30)32-25)17-28-12-13-29(19(2)16-28)20-7-9-21(31-4)10-8-20/h6-10,14,19,22-23,25H,5,11-13,15-17H2,1-4H3/t19-,22-,23-,25+,27+/m0/s1. The van der Waals surface area contributed by atoms with E-state index in [4.69, 9.17) is 9.47 Å². The second-order valence-corrected chi connectivity index (χ2v) is 10.4. The van der Waals surface area contributed by atoms with Gasteiger partial charge in [0.05, 0.1) is 13.0 Å². The number of methoxy groups -OCH3 is 1. The monoisotopic (exact) mass is 436 g/mol. The van der Waals surface area contributed by atoms with Crippen LogP contribution in [-0.2, 0) is 9.53 Å². The molecule has 5 heteroatoms. The average Bonchev–Trinajstić information content (AvgIpc) is 3.06. The number of piperazine rings is 1. The second-order valence-electron chi connectivity index (χ2n) is 10.4. The van der Waals surface area contributed by atoms with Crippen LogP contribution in [0, 0.1) is 17.3 Å². The molecule has 5 atom stereocenters. The third-order valence-electron chi connectivity index (χ3n) is 8.27. The molecule has 32 heavy (non-hydrogen) atoms. The van der Waals surface area contributed by atoms with Crippen LogP contribution in [0.3, 0.4) is 0 Å². The summed E-state index contributed by atoms with van der Waals surface area (Å²) in [5, 5.41) is 0. The fourth-order valence-electron chi connectivity index (χ4n) is 6.47. The zero-order chi connectivity index (χ0) is 22.5. The molecule has 1 aromatic carbocycles. The molecule has 172 valence electrons. The third kappa shape index (κ3) is 3.75. The van der Waals surface area contributed by atoms with Gasteiger partial charge in [-0.3, -0.25) is 9.69 Å². The average molecular weight is 437 g/mol. The highest BCUT2D eigenvalue weighted by Gasteiger charge is 2.51. The molecule has 5 nitrogen and oxygen atoms in total. The number of allylic oxidation sites excluding steroid dienone is 3. The summed E-state index contributed by atoms with van der Waals surface area (Å²) in [7, 11) is 1.70. The lowest BCUT2D eigenvalue weighted by Crippen LogP contribution is -2.53. The quantitative estimate of drug-likeness (QED) is 0.653. The molecule has 0 saturated carbocycles. The number of ether oxygens (including phenoxy) is 2. The molecule has 2 heterocycles. The molecule has 5 rings (SSSR count). The van der Waals surface area contributed by atoms with Crippen LogP contribution in [0.25, 0.3) is 0 Å². The molecule has 1 aromatic rings. The zero-order valence-corrected chi connectivity index (χ0v) is 19.8. The molecule has 4 aliphatic rings. The van der Waals surface area contributed by atoms with Crippen molar-refractivity contribution in [2.24, 2.45) is 17.3 Å². The first-order chi connectivity index (χ1) is 15.4. The van der Waals surface area contributed by atoms with Gasteiger partial charge in [-0.15, -0.1) is 0 Å². The molecule has 0 radical (unpaired) electrons. The van der Waals surface area contributed by atoms with Crippen molar-refractivity contribution in [3.63, 3.8) is 0 Å². The highest BCUT2D eigenvalue weighted by molar-refractivity contribution is 5.76. The van der Waals surface area contributed by atoms with Crippen LogP contribution >= 0.6 is 0 Å². The van der Waals surface area contributed by atoms with E-state index < -0.39 is 0 Å². The maximum atomic E-state index is 12.9. The van der Waals surface area contributed by atoms with Gasteiger partial charge in [-0.1, -0.05) is 24.6 Å². The van der Waals surface area contributed by atoms with Crippen LogP contribution in [0.5, 0.6) is 5.75 Å². The fraction of sp³-hybridized carbons (Fsp3) is 0.593. The molecule has 0 N–H and O–H groups in total. The van der Waals surface area contributed by atoms with E-state index in [0.29, 0.717) is 6.04 Å². The molecule has 0 amide bonds. The van der Waals surface area contributed by atoms with Crippen LogP contribution in [0.1, 0.15) is 40.0 Å². The molecule has 2 aliphatic heterocycles. The number of carbonyl (C=O) groups is 1. The molecule has 0 bridgehead atoms. The van der Waals surface area contributed by atoms with E-state index in [9.17, 15) is 4.79 Å². The van der Waals surface area contributed by atoms with Gasteiger partial charge in [0.1, 0.15) is 11.9 Å². The van der Waals surface area contributed by atoms with E-state index in [1.807, 2.05) is 12.1 Å². The van der Waals surface area contributed by atoms with Crippen LogP contribution in [0.4, 0.5) is 5.69 Å². The summed E-state index contributed by atoms with van der Waals surface area (Å²) >= 11 is 0. The van der Waals surface area contributed by atoms with Gasteiger partial charge in [-0.2, -0.15) is 0 Å². The highest BCUT2D eigenvalue weighted by atomic mass is 16.6. The maximum absolute atomic E-state index is 12.9. The van der Waals surface area contributed by atoms with Crippen molar-refractivity contribution in [2.75, 3.05) is 38.2 Å². The number of anilines is 1. The van der Waals surface area contributed by atoms with Gasteiger partial charge < -0.3 is 14.4 Å². The molecule has 2 fully saturated rings. The van der Waals surface area contributed by atoms with Crippen LogP contribution < -0.4 is 9.64 Å². The Hall–Kier alpha value is -2.27. The normalized spacial score (nSPS) is 34.9. The number of hydrogen-bond acceptors (Lipinski definition) is 5. The Labute approximate surface area is 192 Å². The summed E-state index contributed by atoms with van der Waals surface area (Å²) in [5.41, 5.74) is 4.25. The first kappa shape index (κ1) is 21.6. The number of esters is 1. The van der Waals surface area contributed by atoms with Crippen molar-refractivity contribution in [2.45, 2.75) is 52.2 Å². The third-order valence-corrected chi connectivity index (χ3v) is 8.27. The van der Waals surface area contributed by atoms with E-state index in [-0.39, 0.29) is 29.3 Å². The van der Waals surface area contributed by atoms with Gasteiger partial charge in [0.25, 0.3) is 0 Å². The Morgan fingerprint density at radius 1 is 1.22 bits per heavy atom. The molecule has 0 aromatic heterocycles. The predicted molar refractivity (Wildman–Crippen MR) is 127 cm³/mol. The molecule has 2 aliphatic carbocycles. The maximum Gasteiger partial charge on any atom is 0.311 e. The molecular weight excluding hydrogens is 400 g/mol. The minimum Gasteiger partial charge on any atom is -0.497 e. The van der Waals surface area contributed by atoms with E-state index in [0.717, 1.165) is 51.2 Å². The molecular formula is C27H36N2O3. The first-order valence-corrected chi connectivity index (χ1v) is 12.1. The lowest BCUT2D eigenvalue weighted by atomic mass is 9.62. The minimum atomic E-state index is -0.0495. The minimum absolute atomic E-state index is 0.00552. The Morgan fingerprint density at radius 2 is 2.00 bits per heavy atom. The van der Waals surface area contributed by atoms with Crippen LogP contribution in [0.2, 0.25) is 0 Å². The van der Waals surface area contributed by atoms with Crippen LogP contribution in [0.15, 0.2) is 47.6 Å². The number of nitrogens with zero attached hydrogens (tertiary/aromatic N) is 2. The summed E-state index contributed by atoms with van der Waals surface area (Å²) in [6.45, 7) is 10.5. The van der Waals surface area contributed by atoms with Crippen molar-refractivity contribution in [3.05, 3.63) is 47.6 Å². The Bertz CT molecular complexity index is 937. The number of fused-ring (bicyclic) bond motifs is 2. The van der Waals surface area contributed by atoms with Crippen molar-refractivity contribution in [1.29, 1.82) is 0 Å². The van der Waals surface area contributed by atoms with Gasteiger partial charge in [-0.25, -0.2) is 0 Å². The van der Waals surface area contributed by atoms with Gasteiger partial charge >= 0.3 is 5.97 Å². The smallest absolute Gasteiger partial charge is 0.311 e. The van der Waals surface area contributed by atoms with E-state index in [2.05, 4.69) is 54.9 Å². The Morgan fingerprint density at radius 3 is 2.72 bits per heavy atom. The molecule has 2 saturated heterocycles.